The molecule has 1 aromatic heterocycles. The van der Waals surface area contributed by atoms with E-state index in [9.17, 15) is 4.79 Å². The Labute approximate surface area is 131 Å². The fourth-order valence-corrected chi connectivity index (χ4v) is 4.33. The molecule has 4 nitrogen and oxygen atoms in total. The van der Waals surface area contributed by atoms with E-state index in [0.717, 1.165) is 23.7 Å². The van der Waals surface area contributed by atoms with Crippen LogP contribution in [0.1, 0.15) is 57.6 Å². The zero-order chi connectivity index (χ0) is 15.1. The standard InChI is InChI=1S/C16H27N3OS/c1-3-8-12-11-15(20)19-16(18-12)21-14-10-7-5-4-6-9-13(14)17-2/h11,13-14,17H,3-10H2,1-2H3,(H,18,19,20). The van der Waals surface area contributed by atoms with Gasteiger partial charge in [0, 0.05) is 23.1 Å². The minimum absolute atomic E-state index is 0.0252. The Morgan fingerprint density at radius 2 is 2.10 bits per heavy atom. The number of H-pyrrole nitrogens is 1. The van der Waals surface area contributed by atoms with Gasteiger partial charge in [-0.3, -0.25) is 4.79 Å². The Balaban J connectivity index is 2.11. The zero-order valence-electron chi connectivity index (χ0n) is 13.2. The summed E-state index contributed by atoms with van der Waals surface area (Å²) in [7, 11) is 2.05. The van der Waals surface area contributed by atoms with Crippen LogP contribution in [0.25, 0.3) is 0 Å². The molecule has 0 aromatic carbocycles. The Bertz CT molecular complexity index is 489. The smallest absolute Gasteiger partial charge is 0.251 e. The van der Waals surface area contributed by atoms with Crippen LogP contribution in [0.2, 0.25) is 0 Å². The summed E-state index contributed by atoms with van der Waals surface area (Å²) in [6.07, 6.45) is 9.53. The Morgan fingerprint density at radius 1 is 1.33 bits per heavy atom. The lowest BCUT2D eigenvalue weighted by Crippen LogP contribution is -2.36. The van der Waals surface area contributed by atoms with Crippen LogP contribution in [-0.2, 0) is 6.42 Å². The molecule has 0 aliphatic heterocycles. The number of nitrogens with zero attached hydrogens (tertiary/aromatic N) is 1. The van der Waals surface area contributed by atoms with Crippen LogP contribution in [0.15, 0.2) is 16.0 Å². The predicted molar refractivity (Wildman–Crippen MR) is 89.0 cm³/mol. The van der Waals surface area contributed by atoms with Crippen LogP contribution < -0.4 is 10.9 Å². The highest BCUT2D eigenvalue weighted by molar-refractivity contribution is 7.99. The van der Waals surface area contributed by atoms with Crippen LogP contribution in [0.5, 0.6) is 0 Å². The summed E-state index contributed by atoms with van der Waals surface area (Å²) in [6, 6.07) is 2.14. The fourth-order valence-electron chi connectivity index (χ4n) is 2.99. The second-order valence-corrected chi connectivity index (χ2v) is 7.06. The summed E-state index contributed by atoms with van der Waals surface area (Å²) in [5.74, 6) is 0. The highest BCUT2D eigenvalue weighted by atomic mass is 32.2. The number of rotatable bonds is 5. The molecule has 2 unspecified atom stereocenters. The molecule has 0 bridgehead atoms. The summed E-state index contributed by atoms with van der Waals surface area (Å²) in [6.45, 7) is 2.11. The van der Waals surface area contributed by atoms with Gasteiger partial charge in [0.15, 0.2) is 5.16 Å². The molecule has 1 saturated carbocycles. The van der Waals surface area contributed by atoms with E-state index >= 15 is 0 Å². The largest absolute Gasteiger partial charge is 0.316 e. The highest BCUT2D eigenvalue weighted by Crippen LogP contribution is 2.30. The molecule has 2 rings (SSSR count). The molecule has 1 aromatic rings. The minimum Gasteiger partial charge on any atom is -0.316 e. The molecule has 2 N–H and O–H groups in total. The van der Waals surface area contributed by atoms with Gasteiger partial charge in [0.1, 0.15) is 0 Å². The first kappa shape index (κ1) is 16.6. The van der Waals surface area contributed by atoms with Crippen molar-refractivity contribution in [1.82, 2.24) is 15.3 Å². The molecular weight excluding hydrogens is 282 g/mol. The van der Waals surface area contributed by atoms with Crippen LogP contribution >= 0.6 is 11.8 Å². The number of aromatic amines is 1. The van der Waals surface area contributed by atoms with Crippen molar-refractivity contribution in [3.05, 3.63) is 22.1 Å². The molecule has 1 aliphatic carbocycles. The van der Waals surface area contributed by atoms with E-state index in [2.05, 4.69) is 22.2 Å². The highest BCUT2D eigenvalue weighted by Gasteiger charge is 2.23. The van der Waals surface area contributed by atoms with Crippen molar-refractivity contribution in [2.75, 3.05) is 7.05 Å². The van der Waals surface area contributed by atoms with Gasteiger partial charge in [-0.25, -0.2) is 4.98 Å². The van der Waals surface area contributed by atoms with Crippen molar-refractivity contribution < 1.29 is 0 Å². The van der Waals surface area contributed by atoms with Gasteiger partial charge in [-0.2, -0.15) is 0 Å². The summed E-state index contributed by atoms with van der Waals surface area (Å²) >= 11 is 1.74. The number of aryl methyl sites for hydroxylation is 1. The van der Waals surface area contributed by atoms with Crippen molar-refractivity contribution in [3.8, 4) is 0 Å². The summed E-state index contributed by atoms with van der Waals surface area (Å²) in [5.41, 5.74) is 0.887. The average molecular weight is 309 g/mol. The molecular formula is C16H27N3OS. The Morgan fingerprint density at radius 3 is 2.81 bits per heavy atom. The van der Waals surface area contributed by atoms with Crippen molar-refractivity contribution in [1.29, 1.82) is 0 Å². The summed E-state index contributed by atoms with van der Waals surface area (Å²) in [5, 5.41) is 4.74. The second kappa shape index (κ2) is 8.59. The fraction of sp³-hybridized carbons (Fsp3) is 0.750. The van der Waals surface area contributed by atoms with Crippen molar-refractivity contribution in [2.24, 2.45) is 0 Å². The number of hydrogen-bond donors (Lipinski definition) is 2. The van der Waals surface area contributed by atoms with Gasteiger partial charge in [-0.15, -0.1) is 0 Å². The lowest BCUT2D eigenvalue weighted by Gasteiger charge is -2.28. The van der Waals surface area contributed by atoms with Gasteiger partial charge in [-0.05, 0) is 26.3 Å². The first-order chi connectivity index (χ1) is 10.2. The van der Waals surface area contributed by atoms with Gasteiger partial charge >= 0.3 is 0 Å². The molecule has 118 valence electrons. The maximum absolute atomic E-state index is 11.8. The van der Waals surface area contributed by atoms with Crippen molar-refractivity contribution in [2.45, 2.75) is 74.7 Å². The van der Waals surface area contributed by atoms with Crippen molar-refractivity contribution >= 4 is 11.8 Å². The van der Waals surface area contributed by atoms with Gasteiger partial charge < -0.3 is 10.3 Å². The van der Waals surface area contributed by atoms with Gasteiger partial charge in [0.05, 0.1) is 0 Å². The molecule has 1 fully saturated rings. The first-order valence-corrected chi connectivity index (χ1v) is 9.05. The Hall–Kier alpha value is -0.810. The minimum atomic E-state index is -0.0252. The average Bonchev–Trinajstić information content (AvgIpc) is 2.42. The molecule has 0 spiro atoms. The summed E-state index contributed by atoms with van der Waals surface area (Å²) < 4.78 is 0. The maximum atomic E-state index is 11.8. The van der Waals surface area contributed by atoms with Gasteiger partial charge in [-0.1, -0.05) is 50.8 Å². The third-order valence-corrected chi connectivity index (χ3v) is 5.40. The van der Waals surface area contributed by atoms with E-state index in [4.69, 9.17) is 0 Å². The van der Waals surface area contributed by atoms with Crippen LogP contribution in [0.4, 0.5) is 0 Å². The van der Waals surface area contributed by atoms with Crippen molar-refractivity contribution in [3.63, 3.8) is 0 Å². The molecule has 21 heavy (non-hydrogen) atoms. The number of hydrogen-bond acceptors (Lipinski definition) is 4. The van der Waals surface area contributed by atoms with E-state index in [1.807, 2.05) is 7.05 Å². The molecule has 0 saturated heterocycles. The third kappa shape index (κ3) is 5.15. The van der Waals surface area contributed by atoms with Gasteiger partial charge in [0.25, 0.3) is 5.56 Å². The topological polar surface area (TPSA) is 57.8 Å². The summed E-state index contributed by atoms with van der Waals surface area (Å²) in [4.78, 5) is 19.3. The SMILES string of the molecule is CCCc1cc(=O)[nH]c(SC2CCCCCCC2NC)n1. The van der Waals surface area contributed by atoms with Crippen LogP contribution in [-0.4, -0.2) is 28.3 Å². The van der Waals surface area contributed by atoms with E-state index < -0.39 is 0 Å². The lowest BCUT2D eigenvalue weighted by atomic mass is 9.96. The zero-order valence-corrected chi connectivity index (χ0v) is 14.0. The van der Waals surface area contributed by atoms with E-state index in [1.54, 1.807) is 17.8 Å². The lowest BCUT2D eigenvalue weighted by molar-refractivity contribution is 0.420. The molecule has 1 heterocycles. The van der Waals surface area contributed by atoms with E-state index in [-0.39, 0.29) is 5.56 Å². The normalized spacial score (nSPS) is 23.5. The first-order valence-electron chi connectivity index (χ1n) is 8.17. The molecule has 1 aliphatic rings. The monoisotopic (exact) mass is 309 g/mol. The molecule has 0 radical (unpaired) electrons. The van der Waals surface area contributed by atoms with Gasteiger partial charge in [0.2, 0.25) is 0 Å². The molecule has 0 amide bonds. The molecule has 5 heteroatoms. The van der Waals surface area contributed by atoms with E-state index in [0.29, 0.717) is 11.3 Å². The van der Waals surface area contributed by atoms with Crippen LogP contribution in [0.3, 0.4) is 0 Å². The second-order valence-electron chi connectivity index (χ2n) is 5.83. The maximum Gasteiger partial charge on any atom is 0.251 e. The number of thioether (sulfide) groups is 1. The number of aromatic nitrogens is 2. The predicted octanol–water partition coefficient (Wildman–Crippen LogP) is 3.13. The molecule has 2 atom stereocenters. The third-order valence-electron chi connectivity index (χ3n) is 4.12. The number of nitrogens with one attached hydrogen (secondary N) is 2. The quantitative estimate of drug-likeness (QED) is 0.821. The van der Waals surface area contributed by atoms with Crippen LogP contribution in [0, 0.1) is 0 Å². The Kier molecular flexibility index (Phi) is 6.77. The van der Waals surface area contributed by atoms with E-state index in [1.165, 1.54) is 38.5 Å².